The van der Waals surface area contributed by atoms with E-state index in [0.29, 0.717) is 5.75 Å². The van der Waals surface area contributed by atoms with Crippen LogP contribution in [0.3, 0.4) is 0 Å². The molecule has 0 spiro atoms. The first-order chi connectivity index (χ1) is 8.87. The lowest BCUT2D eigenvalue weighted by molar-refractivity contribution is 0.00578. The zero-order chi connectivity index (χ0) is 14.1. The largest absolute Gasteiger partial charge is 0.498 e. The number of methoxy groups -OCH3 is 1. The van der Waals surface area contributed by atoms with Crippen LogP contribution in [0.4, 0.5) is 0 Å². The van der Waals surface area contributed by atoms with Gasteiger partial charge in [-0.05, 0) is 39.8 Å². The van der Waals surface area contributed by atoms with Crippen LogP contribution < -0.4 is 10.2 Å². The van der Waals surface area contributed by atoms with Gasteiger partial charge in [-0.15, -0.1) is 0 Å². The van der Waals surface area contributed by atoms with Crippen molar-refractivity contribution >= 4 is 12.6 Å². The predicted octanol–water partition coefficient (Wildman–Crippen LogP) is 1.77. The van der Waals surface area contributed by atoms with Gasteiger partial charge in [-0.2, -0.15) is 0 Å². The van der Waals surface area contributed by atoms with E-state index in [2.05, 4.69) is 6.07 Å². The van der Waals surface area contributed by atoms with Crippen molar-refractivity contribution in [1.82, 2.24) is 0 Å². The van der Waals surface area contributed by atoms with E-state index in [4.69, 9.17) is 18.8 Å². The van der Waals surface area contributed by atoms with E-state index in [9.17, 15) is 0 Å². The van der Waals surface area contributed by atoms with Crippen LogP contribution in [0.5, 0.6) is 5.75 Å². The number of rotatable bonds is 4. The van der Waals surface area contributed by atoms with Gasteiger partial charge in [0.1, 0.15) is 5.75 Å². The highest BCUT2D eigenvalue weighted by Crippen LogP contribution is 2.37. The van der Waals surface area contributed by atoms with E-state index < -0.39 is 7.12 Å². The minimum Gasteiger partial charge on any atom is -0.468 e. The number of hydrogen-bond donors (Lipinski definition) is 0. The minimum absolute atomic E-state index is 0.191. The van der Waals surface area contributed by atoms with Crippen LogP contribution in [0.1, 0.15) is 27.7 Å². The summed E-state index contributed by atoms with van der Waals surface area (Å²) in [6.07, 6.45) is 0. The van der Waals surface area contributed by atoms with E-state index in [1.165, 1.54) is 0 Å². The molecule has 0 amide bonds. The molecule has 103 valence electrons. The summed E-state index contributed by atoms with van der Waals surface area (Å²) < 4.78 is 22.5. The third kappa shape index (κ3) is 2.78. The quantitative estimate of drug-likeness (QED) is 0.612. The second-order valence-corrected chi connectivity index (χ2v) is 5.60. The van der Waals surface area contributed by atoms with E-state index >= 15 is 0 Å². The van der Waals surface area contributed by atoms with Crippen molar-refractivity contribution in [3.8, 4) is 5.75 Å². The van der Waals surface area contributed by atoms with Gasteiger partial charge >= 0.3 is 7.12 Å². The average molecular weight is 263 g/mol. The monoisotopic (exact) mass is 263 g/mol. The highest BCUT2D eigenvalue weighted by Gasteiger charge is 2.52. The fourth-order valence-corrected chi connectivity index (χ4v) is 1.84. The molecule has 1 radical (unpaired) electrons. The molecule has 1 heterocycles. The summed E-state index contributed by atoms with van der Waals surface area (Å²) in [6.45, 7) is 8.28. The second kappa shape index (κ2) is 5.15. The molecule has 0 unspecified atom stereocenters. The number of ether oxygens (including phenoxy) is 2. The topological polar surface area (TPSA) is 36.9 Å². The van der Waals surface area contributed by atoms with Gasteiger partial charge in [-0.1, -0.05) is 12.1 Å². The van der Waals surface area contributed by atoms with E-state index in [0.717, 1.165) is 5.46 Å². The van der Waals surface area contributed by atoms with Crippen molar-refractivity contribution in [2.75, 3.05) is 13.9 Å². The van der Waals surface area contributed by atoms with Crippen LogP contribution in [0, 0.1) is 6.07 Å². The second-order valence-electron chi connectivity index (χ2n) is 5.60. The Bertz CT molecular complexity index is 429. The van der Waals surface area contributed by atoms with Gasteiger partial charge in [0.05, 0.1) is 11.2 Å². The fraction of sp³-hybridized carbons (Fsp3) is 0.571. The molecule has 0 bridgehead atoms. The molecule has 0 atom stereocenters. The van der Waals surface area contributed by atoms with Crippen LogP contribution in [0.15, 0.2) is 18.2 Å². The molecular formula is C14H20BO4. The molecule has 1 aromatic carbocycles. The van der Waals surface area contributed by atoms with Gasteiger partial charge < -0.3 is 18.8 Å². The van der Waals surface area contributed by atoms with E-state index in [1.54, 1.807) is 13.2 Å². The first-order valence-corrected chi connectivity index (χ1v) is 6.35. The van der Waals surface area contributed by atoms with Crippen LogP contribution in [-0.2, 0) is 14.0 Å². The molecule has 1 fully saturated rings. The average Bonchev–Trinajstić information content (AvgIpc) is 2.56. The summed E-state index contributed by atoms with van der Waals surface area (Å²) in [5.74, 6) is 0.694. The molecule has 0 saturated carbocycles. The number of hydrogen-bond acceptors (Lipinski definition) is 4. The Kier molecular flexibility index (Phi) is 3.90. The SMILES string of the molecule is COCOc1cc[c]cc1B1OC(C)(C)C(C)(C)O1. The molecular weight excluding hydrogens is 243 g/mol. The first-order valence-electron chi connectivity index (χ1n) is 6.35. The summed E-state index contributed by atoms with van der Waals surface area (Å²) >= 11 is 0. The molecule has 1 aliphatic rings. The molecule has 2 rings (SSSR count). The van der Waals surface area contributed by atoms with Crippen LogP contribution >= 0.6 is 0 Å². The Morgan fingerprint density at radius 2 is 1.84 bits per heavy atom. The summed E-state index contributed by atoms with van der Waals surface area (Å²) in [7, 11) is 1.14. The van der Waals surface area contributed by atoms with Crippen LogP contribution in [0.2, 0.25) is 0 Å². The smallest absolute Gasteiger partial charge is 0.468 e. The summed E-state index contributed by atoms with van der Waals surface area (Å²) in [5.41, 5.74) is 0.0936. The van der Waals surface area contributed by atoms with Crippen molar-refractivity contribution in [2.24, 2.45) is 0 Å². The third-order valence-corrected chi connectivity index (χ3v) is 3.69. The molecule has 0 N–H and O–H groups in total. The number of benzene rings is 1. The normalized spacial score (nSPS) is 20.6. The third-order valence-electron chi connectivity index (χ3n) is 3.69. The Morgan fingerprint density at radius 1 is 1.21 bits per heavy atom. The Labute approximate surface area is 115 Å². The lowest BCUT2D eigenvalue weighted by Crippen LogP contribution is -2.41. The van der Waals surface area contributed by atoms with Crippen molar-refractivity contribution < 1.29 is 18.8 Å². The highest BCUT2D eigenvalue weighted by atomic mass is 16.7. The fourth-order valence-electron chi connectivity index (χ4n) is 1.84. The Morgan fingerprint density at radius 3 is 2.42 bits per heavy atom. The van der Waals surface area contributed by atoms with Crippen molar-refractivity contribution in [3.05, 3.63) is 24.3 Å². The molecule has 1 saturated heterocycles. The van der Waals surface area contributed by atoms with Crippen LogP contribution in [-0.4, -0.2) is 32.2 Å². The molecule has 0 aromatic heterocycles. The Balaban J connectivity index is 2.24. The molecule has 4 nitrogen and oxygen atoms in total. The lowest BCUT2D eigenvalue weighted by atomic mass is 9.78. The summed E-state index contributed by atoms with van der Waals surface area (Å²) in [6, 6.07) is 8.48. The van der Waals surface area contributed by atoms with Gasteiger partial charge in [-0.25, -0.2) is 0 Å². The molecule has 0 aliphatic carbocycles. The maximum absolute atomic E-state index is 6.01. The van der Waals surface area contributed by atoms with Gasteiger partial charge in [0.25, 0.3) is 0 Å². The lowest BCUT2D eigenvalue weighted by Gasteiger charge is -2.32. The minimum atomic E-state index is -0.450. The van der Waals surface area contributed by atoms with Crippen molar-refractivity contribution in [3.63, 3.8) is 0 Å². The molecule has 1 aromatic rings. The first kappa shape index (κ1) is 14.4. The summed E-state index contributed by atoms with van der Waals surface area (Å²) in [5, 5.41) is 0. The maximum atomic E-state index is 6.01. The van der Waals surface area contributed by atoms with Gasteiger partial charge in [0.15, 0.2) is 6.79 Å². The van der Waals surface area contributed by atoms with Crippen molar-refractivity contribution in [1.29, 1.82) is 0 Å². The zero-order valence-electron chi connectivity index (χ0n) is 12.1. The molecule has 19 heavy (non-hydrogen) atoms. The van der Waals surface area contributed by atoms with Gasteiger partial charge in [0.2, 0.25) is 0 Å². The standard InChI is InChI=1S/C14H20BO4/c1-13(2)14(3,4)19-15(18-13)11-8-6-7-9-12(11)17-10-16-5/h7-9H,10H2,1-5H3. The zero-order valence-corrected chi connectivity index (χ0v) is 12.1. The van der Waals surface area contributed by atoms with Crippen LogP contribution in [0.25, 0.3) is 0 Å². The van der Waals surface area contributed by atoms with Gasteiger partial charge in [-0.3, -0.25) is 0 Å². The molecule has 5 heteroatoms. The van der Waals surface area contributed by atoms with Crippen molar-refractivity contribution in [2.45, 2.75) is 38.9 Å². The van der Waals surface area contributed by atoms with E-state index in [1.807, 2.05) is 39.8 Å². The highest BCUT2D eigenvalue weighted by molar-refractivity contribution is 6.63. The van der Waals surface area contributed by atoms with Gasteiger partial charge in [0, 0.05) is 12.6 Å². The predicted molar refractivity (Wildman–Crippen MR) is 73.5 cm³/mol. The summed E-state index contributed by atoms with van der Waals surface area (Å²) in [4.78, 5) is 0. The maximum Gasteiger partial charge on any atom is 0.498 e. The van der Waals surface area contributed by atoms with E-state index in [-0.39, 0.29) is 18.0 Å². The Hall–Kier alpha value is -1.04. The molecule has 1 aliphatic heterocycles.